The summed E-state index contributed by atoms with van der Waals surface area (Å²) in [6.07, 6.45) is 0.651. The second kappa shape index (κ2) is 5.82. The summed E-state index contributed by atoms with van der Waals surface area (Å²) >= 11 is 5.53. The molecular formula is C11H14ClFN2O. The number of halogens is 2. The van der Waals surface area contributed by atoms with Gasteiger partial charge in [0.25, 0.3) is 0 Å². The highest BCUT2D eigenvalue weighted by Gasteiger charge is 2.14. The summed E-state index contributed by atoms with van der Waals surface area (Å²) in [5.74, 6) is -1.01. The molecule has 1 amide bonds. The minimum Gasteiger partial charge on any atom is -0.330 e. The van der Waals surface area contributed by atoms with E-state index in [2.05, 4.69) is 5.32 Å². The molecule has 88 valence electrons. The van der Waals surface area contributed by atoms with Gasteiger partial charge in [-0.2, -0.15) is 0 Å². The number of anilines is 1. The van der Waals surface area contributed by atoms with Gasteiger partial charge in [-0.25, -0.2) is 4.39 Å². The first-order valence-electron chi connectivity index (χ1n) is 5.04. The van der Waals surface area contributed by atoms with Crippen molar-refractivity contribution in [3.05, 3.63) is 29.0 Å². The Balaban J connectivity index is 2.73. The minimum absolute atomic E-state index is 0.0314. The molecule has 16 heavy (non-hydrogen) atoms. The van der Waals surface area contributed by atoms with Crippen molar-refractivity contribution < 1.29 is 9.18 Å². The summed E-state index contributed by atoms with van der Waals surface area (Å²) in [7, 11) is 0. The highest BCUT2D eigenvalue weighted by Crippen LogP contribution is 2.19. The molecule has 0 saturated carbocycles. The highest BCUT2D eigenvalue weighted by molar-refractivity contribution is 6.30. The molecule has 1 unspecified atom stereocenters. The predicted octanol–water partition coefficient (Wildman–Crippen LogP) is 2.40. The third-order valence-electron chi connectivity index (χ3n) is 2.34. The molecule has 5 heteroatoms. The third-order valence-corrected chi connectivity index (χ3v) is 2.64. The lowest BCUT2D eigenvalue weighted by Gasteiger charge is -2.12. The predicted molar refractivity (Wildman–Crippen MR) is 62.9 cm³/mol. The second-order valence-corrected chi connectivity index (χ2v) is 3.87. The first kappa shape index (κ1) is 12.9. The molecule has 0 aliphatic heterocycles. The Morgan fingerprint density at radius 1 is 1.62 bits per heavy atom. The fourth-order valence-corrected chi connectivity index (χ4v) is 1.39. The average molecular weight is 245 g/mol. The molecule has 0 heterocycles. The van der Waals surface area contributed by atoms with Crippen molar-refractivity contribution in [1.29, 1.82) is 0 Å². The maximum absolute atomic E-state index is 13.1. The van der Waals surface area contributed by atoms with Crippen LogP contribution in [0.15, 0.2) is 18.2 Å². The summed E-state index contributed by atoms with van der Waals surface area (Å²) in [5.41, 5.74) is 5.82. The largest absolute Gasteiger partial charge is 0.330 e. The van der Waals surface area contributed by atoms with Crippen molar-refractivity contribution in [3.8, 4) is 0 Å². The van der Waals surface area contributed by atoms with Gasteiger partial charge in [-0.15, -0.1) is 0 Å². The Bertz CT molecular complexity index is 380. The van der Waals surface area contributed by atoms with Crippen LogP contribution in [0.5, 0.6) is 0 Å². The number of amides is 1. The first-order valence-corrected chi connectivity index (χ1v) is 5.42. The van der Waals surface area contributed by atoms with Gasteiger partial charge < -0.3 is 11.1 Å². The molecule has 0 radical (unpaired) electrons. The molecule has 0 aliphatic carbocycles. The van der Waals surface area contributed by atoms with Crippen LogP contribution in [0.2, 0.25) is 5.02 Å². The SMILES string of the molecule is CCC(CN)C(=O)Nc1ccc(Cl)c(F)c1. The zero-order valence-corrected chi connectivity index (χ0v) is 9.72. The lowest BCUT2D eigenvalue weighted by atomic mass is 10.1. The summed E-state index contributed by atoms with van der Waals surface area (Å²) < 4.78 is 13.1. The maximum Gasteiger partial charge on any atom is 0.228 e. The molecule has 3 N–H and O–H groups in total. The Kier molecular flexibility index (Phi) is 4.71. The molecule has 3 nitrogen and oxygen atoms in total. The van der Waals surface area contributed by atoms with Crippen molar-refractivity contribution in [1.82, 2.24) is 0 Å². The zero-order valence-electron chi connectivity index (χ0n) is 8.97. The van der Waals surface area contributed by atoms with Crippen LogP contribution in [0.4, 0.5) is 10.1 Å². The molecule has 1 atom stereocenters. The van der Waals surface area contributed by atoms with Crippen LogP contribution < -0.4 is 11.1 Å². The average Bonchev–Trinajstić information content (AvgIpc) is 2.25. The highest BCUT2D eigenvalue weighted by atomic mass is 35.5. The number of hydrogen-bond donors (Lipinski definition) is 2. The van der Waals surface area contributed by atoms with E-state index in [1.165, 1.54) is 12.1 Å². The molecule has 0 aliphatic rings. The van der Waals surface area contributed by atoms with Crippen molar-refractivity contribution in [2.75, 3.05) is 11.9 Å². The van der Waals surface area contributed by atoms with Gasteiger partial charge in [0, 0.05) is 12.2 Å². The molecule has 0 bridgehead atoms. The first-order chi connectivity index (χ1) is 7.58. The summed E-state index contributed by atoms with van der Waals surface area (Å²) in [6, 6.07) is 4.13. The molecule has 0 aromatic heterocycles. The van der Waals surface area contributed by atoms with E-state index >= 15 is 0 Å². The monoisotopic (exact) mass is 244 g/mol. The normalized spacial score (nSPS) is 12.2. The van der Waals surface area contributed by atoms with Gasteiger partial charge in [-0.05, 0) is 24.6 Å². The molecule has 1 rings (SSSR count). The number of nitrogens with one attached hydrogen (secondary N) is 1. The Morgan fingerprint density at radius 3 is 2.81 bits per heavy atom. The number of hydrogen-bond acceptors (Lipinski definition) is 2. The van der Waals surface area contributed by atoms with E-state index in [1.807, 2.05) is 6.92 Å². The fraction of sp³-hybridized carbons (Fsp3) is 0.364. The molecule has 1 aromatic carbocycles. The third kappa shape index (κ3) is 3.18. The standard InChI is InChI=1S/C11H14ClFN2O/c1-2-7(6-14)11(16)15-8-3-4-9(12)10(13)5-8/h3-5,7H,2,6,14H2,1H3,(H,15,16). The van der Waals surface area contributed by atoms with Gasteiger partial charge in [0.15, 0.2) is 0 Å². The molecule has 0 saturated heterocycles. The summed E-state index contributed by atoms with van der Waals surface area (Å²) in [4.78, 5) is 11.6. The molecule has 0 fully saturated rings. The Hall–Kier alpha value is -1.13. The zero-order chi connectivity index (χ0) is 12.1. The molecular weight excluding hydrogens is 231 g/mol. The van der Waals surface area contributed by atoms with Crippen LogP contribution >= 0.6 is 11.6 Å². The summed E-state index contributed by atoms with van der Waals surface area (Å²) in [6.45, 7) is 2.15. The van der Waals surface area contributed by atoms with Gasteiger partial charge >= 0.3 is 0 Å². The second-order valence-electron chi connectivity index (χ2n) is 3.46. The van der Waals surface area contributed by atoms with Gasteiger partial charge in [-0.1, -0.05) is 18.5 Å². The van der Waals surface area contributed by atoms with Crippen molar-refractivity contribution in [3.63, 3.8) is 0 Å². The van der Waals surface area contributed by atoms with Gasteiger partial charge in [0.2, 0.25) is 5.91 Å². The smallest absolute Gasteiger partial charge is 0.228 e. The Morgan fingerprint density at radius 2 is 2.31 bits per heavy atom. The van der Waals surface area contributed by atoms with Gasteiger partial charge in [0.1, 0.15) is 5.82 Å². The lowest BCUT2D eigenvalue weighted by Crippen LogP contribution is -2.28. The van der Waals surface area contributed by atoms with Crippen LogP contribution in [0.3, 0.4) is 0 Å². The number of benzene rings is 1. The number of carbonyl (C=O) groups is 1. The van der Waals surface area contributed by atoms with Crippen molar-refractivity contribution in [2.24, 2.45) is 11.7 Å². The quantitative estimate of drug-likeness (QED) is 0.855. The van der Waals surface area contributed by atoms with E-state index < -0.39 is 5.82 Å². The fourth-order valence-electron chi connectivity index (χ4n) is 1.28. The molecule has 0 spiro atoms. The van der Waals surface area contributed by atoms with Crippen LogP contribution in [0, 0.1) is 11.7 Å². The van der Waals surface area contributed by atoms with E-state index in [9.17, 15) is 9.18 Å². The van der Waals surface area contributed by atoms with E-state index in [1.54, 1.807) is 6.07 Å². The van der Waals surface area contributed by atoms with E-state index in [-0.39, 0.29) is 23.4 Å². The van der Waals surface area contributed by atoms with E-state index in [4.69, 9.17) is 17.3 Å². The van der Waals surface area contributed by atoms with Crippen LogP contribution in [-0.2, 0) is 4.79 Å². The van der Waals surface area contributed by atoms with Gasteiger partial charge in [0.05, 0.1) is 10.9 Å². The van der Waals surface area contributed by atoms with Crippen LogP contribution in [0.1, 0.15) is 13.3 Å². The van der Waals surface area contributed by atoms with Crippen molar-refractivity contribution in [2.45, 2.75) is 13.3 Å². The maximum atomic E-state index is 13.1. The van der Waals surface area contributed by atoms with Gasteiger partial charge in [-0.3, -0.25) is 4.79 Å². The topological polar surface area (TPSA) is 55.1 Å². The minimum atomic E-state index is -0.555. The molecule has 1 aromatic rings. The van der Waals surface area contributed by atoms with Crippen LogP contribution in [-0.4, -0.2) is 12.5 Å². The van der Waals surface area contributed by atoms with Crippen LogP contribution in [0.25, 0.3) is 0 Å². The van der Waals surface area contributed by atoms with Crippen molar-refractivity contribution >= 4 is 23.2 Å². The Labute approximate surface area is 98.8 Å². The lowest BCUT2D eigenvalue weighted by molar-refractivity contribution is -0.119. The number of rotatable bonds is 4. The van der Waals surface area contributed by atoms with E-state index in [0.717, 1.165) is 0 Å². The summed E-state index contributed by atoms with van der Waals surface area (Å²) in [5, 5.41) is 2.63. The number of carbonyl (C=O) groups excluding carboxylic acids is 1. The number of nitrogens with two attached hydrogens (primary N) is 1. The van der Waals surface area contributed by atoms with E-state index in [0.29, 0.717) is 12.1 Å².